The summed E-state index contributed by atoms with van der Waals surface area (Å²) >= 11 is 0. The lowest BCUT2D eigenvalue weighted by molar-refractivity contribution is -0.254. The van der Waals surface area contributed by atoms with Crippen LogP contribution in [0.5, 0.6) is 5.75 Å². The third kappa shape index (κ3) is 2.67. The van der Waals surface area contributed by atoms with Crippen molar-refractivity contribution in [2.45, 2.75) is 45.1 Å². The summed E-state index contributed by atoms with van der Waals surface area (Å²) < 4.78 is 20.9. The van der Waals surface area contributed by atoms with Crippen LogP contribution in [0.3, 0.4) is 0 Å². The highest BCUT2D eigenvalue weighted by Crippen LogP contribution is 2.42. The number of hydrogen-bond acceptors (Lipinski definition) is 3. The van der Waals surface area contributed by atoms with E-state index in [1.807, 2.05) is 0 Å². The Kier molecular flexibility index (Phi) is 4.00. The van der Waals surface area contributed by atoms with E-state index < -0.39 is 17.4 Å². The molecule has 3 rings (SSSR count). The summed E-state index contributed by atoms with van der Waals surface area (Å²) in [6, 6.07) is 7.79. The van der Waals surface area contributed by atoms with Crippen LogP contribution in [0.4, 0.5) is 4.39 Å². The predicted octanol–water partition coefficient (Wildman–Crippen LogP) is 3.69. The zero-order chi connectivity index (χ0) is 16.6. The van der Waals surface area contributed by atoms with Gasteiger partial charge in [0.15, 0.2) is 11.6 Å². The molecular formula is C19H20FO3-. The first-order valence-corrected chi connectivity index (χ1v) is 8.06. The summed E-state index contributed by atoms with van der Waals surface area (Å²) in [7, 11) is 0. The molecule has 0 bridgehead atoms. The Balaban J connectivity index is 2.14. The van der Waals surface area contributed by atoms with Crippen LogP contribution in [0.2, 0.25) is 0 Å². The minimum Gasteiger partial charge on any atom is -0.545 e. The topological polar surface area (TPSA) is 49.4 Å². The highest BCUT2D eigenvalue weighted by molar-refractivity contribution is 6.03. The predicted molar refractivity (Wildman–Crippen MR) is 84.9 cm³/mol. The normalized spacial score (nSPS) is 16.9. The van der Waals surface area contributed by atoms with Crippen LogP contribution in [0.25, 0.3) is 10.8 Å². The molecule has 0 amide bonds. The number of hydrogen-bond donors (Lipinski definition) is 0. The number of ether oxygens (including phenoxy) is 1. The quantitative estimate of drug-likeness (QED) is 0.864. The molecule has 0 heterocycles. The van der Waals surface area contributed by atoms with Crippen LogP contribution < -0.4 is 9.84 Å². The fourth-order valence-electron chi connectivity index (χ4n) is 3.55. The molecule has 0 N–H and O–H groups in total. The summed E-state index contributed by atoms with van der Waals surface area (Å²) in [5, 5.41) is 12.0. The van der Waals surface area contributed by atoms with Gasteiger partial charge in [0.2, 0.25) is 0 Å². The molecule has 0 unspecified atom stereocenters. The number of carboxylic acid groups (broad SMARTS) is 1. The van der Waals surface area contributed by atoms with Gasteiger partial charge in [-0.15, -0.1) is 0 Å². The maximum absolute atomic E-state index is 14.9. The van der Waals surface area contributed by atoms with Crippen LogP contribution in [0, 0.1) is 11.7 Å². The molecule has 0 aromatic heterocycles. The summed E-state index contributed by atoms with van der Waals surface area (Å²) in [6.07, 6.45) is 3.80. The van der Waals surface area contributed by atoms with Gasteiger partial charge in [0.1, 0.15) is 5.60 Å². The van der Waals surface area contributed by atoms with E-state index in [9.17, 15) is 14.3 Å². The average molecular weight is 315 g/mol. The van der Waals surface area contributed by atoms with E-state index in [0.717, 1.165) is 25.7 Å². The Morgan fingerprint density at radius 3 is 2.39 bits per heavy atom. The van der Waals surface area contributed by atoms with Crippen molar-refractivity contribution in [3.8, 4) is 5.75 Å². The van der Waals surface area contributed by atoms with Crippen molar-refractivity contribution in [1.82, 2.24) is 0 Å². The molecule has 1 saturated carbocycles. The smallest absolute Gasteiger partial charge is 0.172 e. The van der Waals surface area contributed by atoms with Gasteiger partial charge in [0, 0.05) is 10.9 Å². The zero-order valence-corrected chi connectivity index (χ0v) is 13.4. The Bertz CT molecular complexity index is 746. The third-order valence-electron chi connectivity index (χ3n) is 4.98. The first-order valence-electron chi connectivity index (χ1n) is 8.06. The van der Waals surface area contributed by atoms with E-state index in [1.54, 1.807) is 24.3 Å². The summed E-state index contributed by atoms with van der Waals surface area (Å²) in [5.41, 5.74) is -0.458. The molecule has 2 aromatic carbocycles. The van der Waals surface area contributed by atoms with Gasteiger partial charge >= 0.3 is 0 Å². The van der Waals surface area contributed by atoms with E-state index in [1.165, 1.54) is 6.07 Å². The number of rotatable bonds is 4. The third-order valence-corrected chi connectivity index (χ3v) is 4.98. The van der Waals surface area contributed by atoms with Gasteiger partial charge in [0.25, 0.3) is 0 Å². The fraction of sp³-hybridized carbons (Fsp3) is 0.421. The first kappa shape index (κ1) is 15.8. The van der Waals surface area contributed by atoms with Crippen molar-refractivity contribution in [2.75, 3.05) is 0 Å². The number of carbonyl (C=O) groups excluding carboxylic acids is 1. The lowest BCUT2D eigenvalue weighted by atomic mass is 9.88. The molecule has 4 heteroatoms. The van der Waals surface area contributed by atoms with Gasteiger partial charge < -0.3 is 14.6 Å². The molecule has 2 aromatic rings. The Morgan fingerprint density at radius 2 is 1.83 bits per heavy atom. The molecule has 0 saturated heterocycles. The zero-order valence-electron chi connectivity index (χ0n) is 13.4. The SMILES string of the molecule is CC(C)C1(Oc2cc(C(=O)[O-])c3ccccc3c2F)CCCC1. The van der Waals surface area contributed by atoms with Gasteiger partial charge in [-0.05, 0) is 43.1 Å². The van der Waals surface area contributed by atoms with Crippen LogP contribution in [-0.4, -0.2) is 11.6 Å². The van der Waals surface area contributed by atoms with Crippen LogP contribution in [-0.2, 0) is 0 Å². The second-order valence-corrected chi connectivity index (χ2v) is 6.60. The van der Waals surface area contributed by atoms with Gasteiger partial charge in [-0.25, -0.2) is 4.39 Å². The lowest BCUT2D eigenvalue weighted by Gasteiger charge is -2.34. The second-order valence-electron chi connectivity index (χ2n) is 6.60. The number of carbonyl (C=O) groups is 1. The molecule has 0 spiro atoms. The highest BCUT2D eigenvalue weighted by Gasteiger charge is 2.40. The molecule has 0 aliphatic heterocycles. The Morgan fingerprint density at radius 1 is 1.22 bits per heavy atom. The van der Waals surface area contributed by atoms with Gasteiger partial charge in [-0.1, -0.05) is 38.1 Å². The molecule has 23 heavy (non-hydrogen) atoms. The van der Waals surface area contributed by atoms with Crippen LogP contribution in [0.1, 0.15) is 49.9 Å². The molecular weight excluding hydrogens is 295 g/mol. The monoisotopic (exact) mass is 315 g/mol. The van der Waals surface area contributed by atoms with E-state index in [2.05, 4.69) is 13.8 Å². The molecule has 1 aliphatic carbocycles. The lowest BCUT2D eigenvalue weighted by Crippen LogP contribution is -2.38. The molecule has 0 atom stereocenters. The van der Waals surface area contributed by atoms with Gasteiger partial charge in [-0.3, -0.25) is 0 Å². The van der Waals surface area contributed by atoms with E-state index >= 15 is 0 Å². The second kappa shape index (κ2) is 5.84. The fourth-order valence-corrected chi connectivity index (χ4v) is 3.55. The number of carboxylic acids is 1. The maximum Gasteiger partial charge on any atom is 0.172 e. The van der Waals surface area contributed by atoms with Crippen molar-refractivity contribution in [1.29, 1.82) is 0 Å². The average Bonchev–Trinajstić information content (AvgIpc) is 3.00. The number of aromatic carboxylic acids is 1. The minimum absolute atomic E-state index is 0.0125. The number of halogens is 1. The molecule has 3 nitrogen and oxygen atoms in total. The van der Waals surface area contributed by atoms with Crippen molar-refractivity contribution in [2.24, 2.45) is 5.92 Å². The summed E-state index contributed by atoms with van der Waals surface area (Å²) in [4.78, 5) is 11.4. The van der Waals surface area contributed by atoms with Crippen LogP contribution >= 0.6 is 0 Å². The standard InChI is InChI=1S/C19H21FO3/c1-12(2)19(9-5-6-10-19)23-16-11-15(18(21)22)13-7-3-4-8-14(13)17(16)20/h3-4,7-8,11-12H,5-6,9-10H2,1-2H3,(H,21,22)/p-1. The number of fused-ring (bicyclic) bond motifs is 1. The highest BCUT2D eigenvalue weighted by atomic mass is 19.1. The molecule has 122 valence electrons. The van der Waals surface area contributed by atoms with E-state index in [-0.39, 0.29) is 22.6 Å². The maximum atomic E-state index is 14.9. The molecule has 1 fully saturated rings. The summed E-state index contributed by atoms with van der Waals surface area (Å²) in [5.74, 6) is -1.59. The minimum atomic E-state index is -1.32. The van der Waals surface area contributed by atoms with Gasteiger partial charge in [-0.2, -0.15) is 0 Å². The van der Waals surface area contributed by atoms with E-state index in [4.69, 9.17) is 4.74 Å². The first-order chi connectivity index (χ1) is 10.9. The van der Waals surface area contributed by atoms with Crippen molar-refractivity contribution in [3.63, 3.8) is 0 Å². The van der Waals surface area contributed by atoms with Crippen molar-refractivity contribution in [3.05, 3.63) is 41.7 Å². The van der Waals surface area contributed by atoms with Gasteiger partial charge in [0.05, 0.1) is 5.97 Å². The van der Waals surface area contributed by atoms with E-state index in [0.29, 0.717) is 5.39 Å². The van der Waals surface area contributed by atoms with Crippen molar-refractivity contribution >= 4 is 16.7 Å². The molecule has 1 aliphatic rings. The number of benzene rings is 2. The van der Waals surface area contributed by atoms with Crippen molar-refractivity contribution < 1.29 is 19.0 Å². The Labute approximate surface area is 135 Å². The largest absolute Gasteiger partial charge is 0.545 e. The van der Waals surface area contributed by atoms with Crippen LogP contribution in [0.15, 0.2) is 30.3 Å². The molecule has 0 radical (unpaired) electrons. The summed E-state index contributed by atoms with van der Waals surface area (Å²) in [6.45, 7) is 4.12. The Hall–Kier alpha value is -2.10.